The lowest BCUT2D eigenvalue weighted by Crippen LogP contribution is -2.40. The van der Waals surface area contributed by atoms with Crippen LogP contribution in [0, 0.1) is 5.41 Å². The number of nitrogens with zero attached hydrogens (tertiary/aromatic N) is 1. The molecule has 6 heteroatoms. The lowest BCUT2D eigenvalue weighted by atomic mass is 9.92. The second kappa shape index (κ2) is 8.05. The minimum Gasteiger partial charge on any atom is -0.489 e. The van der Waals surface area contributed by atoms with Gasteiger partial charge in [-0.05, 0) is 19.2 Å². The van der Waals surface area contributed by atoms with Gasteiger partial charge in [-0.15, -0.1) is 0 Å². The first kappa shape index (κ1) is 17.5. The van der Waals surface area contributed by atoms with Crippen LogP contribution in [-0.4, -0.2) is 55.1 Å². The summed E-state index contributed by atoms with van der Waals surface area (Å²) >= 11 is 12.0. The number of rotatable bonds is 8. The van der Waals surface area contributed by atoms with E-state index in [1.807, 2.05) is 18.9 Å². The quantitative estimate of drug-likeness (QED) is 0.771. The number of aliphatic hydroxyl groups excluding tert-OH is 2. The van der Waals surface area contributed by atoms with Gasteiger partial charge in [0.2, 0.25) is 0 Å². The van der Waals surface area contributed by atoms with Crippen LogP contribution in [0.3, 0.4) is 0 Å². The van der Waals surface area contributed by atoms with Gasteiger partial charge in [0.15, 0.2) is 5.75 Å². The van der Waals surface area contributed by atoms with Crippen molar-refractivity contribution in [3.63, 3.8) is 0 Å². The van der Waals surface area contributed by atoms with E-state index in [0.717, 1.165) is 0 Å². The maximum absolute atomic E-state index is 9.26. The molecule has 114 valence electrons. The van der Waals surface area contributed by atoms with Crippen LogP contribution in [0.4, 0.5) is 0 Å². The van der Waals surface area contributed by atoms with Crippen molar-refractivity contribution in [2.75, 3.05) is 40.0 Å². The summed E-state index contributed by atoms with van der Waals surface area (Å²) in [4.78, 5) is 1.98. The number of hydrogen-bond donors (Lipinski definition) is 2. The number of benzene rings is 1. The third-order valence-corrected chi connectivity index (χ3v) is 3.65. The van der Waals surface area contributed by atoms with E-state index in [4.69, 9.17) is 27.9 Å². The van der Waals surface area contributed by atoms with Gasteiger partial charge in [0.1, 0.15) is 6.61 Å². The highest BCUT2D eigenvalue weighted by Gasteiger charge is 2.24. The molecule has 0 heterocycles. The summed E-state index contributed by atoms with van der Waals surface area (Å²) in [6.45, 7) is 3.33. The van der Waals surface area contributed by atoms with Crippen LogP contribution in [0.1, 0.15) is 6.92 Å². The van der Waals surface area contributed by atoms with Gasteiger partial charge in [-0.1, -0.05) is 36.2 Å². The van der Waals surface area contributed by atoms with Crippen LogP contribution in [0.2, 0.25) is 10.0 Å². The number of likely N-dealkylation sites (N-methyl/N-ethyl adjacent to an activating group) is 1. The van der Waals surface area contributed by atoms with Crippen molar-refractivity contribution in [2.24, 2.45) is 5.41 Å². The number of para-hydroxylation sites is 1. The molecule has 0 saturated heterocycles. The molecule has 0 amide bonds. The molecule has 4 nitrogen and oxygen atoms in total. The number of ether oxygens (including phenoxy) is 1. The van der Waals surface area contributed by atoms with E-state index < -0.39 is 5.41 Å². The Bertz CT molecular complexity index is 405. The fourth-order valence-electron chi connectivity index (χ4n) is 1.80. The Balaban J connectivity index is 2.44. The topological polar surface area (TPSA) is 52.9 Å². The van der Waals surface area contributed by atoms with Crippen molar-refractivity contribution in [2.45, 2.75) is 6.92 Å². The highest BCUT2D eigenvalue weighted by Crippen LogP contribution is 2.32. The summed E-state index contributed by atoms with van der Waals surface area (Å²) in [5.41, 5.74) is -0.517. The number of halogens is 2. The lowest BCUT2D eigenvalue weighted by molar-refractivity contribution is 0.0391. The molecule has 1 aromatic rings. The zero-order valence-corrected chi connectivity index (χ0v) is 13.3. The van der Waals surface area contributed by atoms with Gasteiger partial charge in [0.25, 0.3) is 0 Å². The van der Waals surface area contributed by atoms with Crippen molar-refractivity contribution in [3.8, 4) is 5.75 Å². The second-order valence-electron chi connectivity index (χ2n) is 5.26. The summed E-state index contributed by atoms with van der Waals surface area (Å²) in [6, 6.07) is 5.21. The third kappa shape index (κ3) is 5.11. The smallest absolute Gasteiger partial charge is 0.156 e. The molecule has 0 radical (unpaired) electrons. The molecule has 20 heavy (non-hydrogen) atoms. The molecule has 1 rings (SSSR count). The first-order valence-electron chi connectivity index (χ1n) is 6.39. The maximum Gasteiger partial charge on any atom is 0.156 e. The van der Waals surface area contributed by atoms with Crippen LogP contribution >= 0.6 is 23.2 Å². The molecule has 0 unspecified atom stereocenters. The Morgan fingerprint density at radius 3 is 2.25 bits per heavy atom. The Morgan fingerprint density at radius 2 is 1.75 bits per heavy atom. The van der Waals surface area contributed by atoms with E-state index in [1.165, 1.54) is 0 Å². The molecule has 0 fully saturated rings. The lowest BCUT2D eigenvalue weighted by Gasteiger charge is -2.30. The van der Waals surface area contributed by atoms with Gasteiger partial charge < -0.3 is 19.8 Å². The number of hydrogen-bond acceptors (Lipinski definition) is 4. The minimum atomic E-state index is -0.517. The molecule has 0 aliphatic carbocycles. The zero-order valence-electron chi connectivity index (χ0n) is 11.8. The van der Waals surface area contributed by atoms with Gasteiger partial charge in [-0.3, -0.25) is 0 Å². The third-order valence-electron chi connectivity index (χ3n) is 3.05. The molecular weight excluding hydrogens is 301 g/mol. The van der Waals surface area contributed by atoms with Crippen LogP contribution in [0.15, 0.2) is 18.2 Å². The molecular formula is C14H21Cl2NO3. The molecule has 0 atom stereocenters. The fraction of sp³-hybridized carbons (Fsp3) is 0.571. The summed E-state index contributed by atoms with van der Waals surface area (Å²) in [6.07, 6.45) is 0. The Morgan fingerprint density at radius 1 is 1.20 bits per heavy atom. The fourth-order valence-corrected chi connectivity index (χ4v) is 2.31. The molecule has 0 aliphatic rings. The van der Waals surface area contributed by atoms with Gasteiger partial charge in [-0.2, -0.15) is 0 Å². The summed E-state index contributed by atoms with van der Waals surface area (Å²) in [5.74, 6) is 0.483. The molecule has 0 saturated carbocycles. The highest BCUT2D eigenvalue weighted by molar-refractivity contribution is 6.37. The van der Waals surface area contributed by atoms with Crippen LogP contribution in [0.5, 0.6) is 5.75 Å². The second-order valence-corrected chi connectivity index (χ2v) is 6.08. The van der Waals surface area contributed by atoms with Gasteiger partial charge in [-0.25, -0.2) is 0 Å². The largest absolute Gasteiger partial charge is 0.489 e. The first-order chi connectivity index (χ1) is 9.41. The Kier molecular flexibility index (Phi) is 7.06. The SMILES string of the molecule is CN(CCOc1c(Cl)cccc1Cl)CC(C)(CO)CO. The van der Waals surface area contributed by atoms with Crippen molar-refractivity contribution in [1.82, 2.24) is 4.90 Å². The molecule has 0 spiro atoms. The Labute approximate surface area is 129 Å². The van der Waals surface area contributed by atoms with Crippen molar-refractivity contribution in [3.05, 3.63) is 28.2 Å². The van der Waals surface area contributed by atoms with Crippen molar-refractivity contribution >= 4 is 23.2 Å². The van der Waals surface area contributed by atoms with E-state index >= 15 is 0 Å². The van der Waals surface area contributed by atoms with Crippen LogP contribution in [-0.2, 0) is 0 Å². The van der Waals surface area contributed by atoms with Crippen molar-refractivity contribution in [1.29, 1.82) is 0 Å². The summed E-state index contributed by atoms with van der Waals surface area (Å²) in [5, 5.41) is 19.5. The highest BCUT2D eigenvalue weighted by atomic mass is 35.5. The monoisotopic (exact) mass is 321 g/mol. The predicted molar refractivity (Wildman–Crippen MR) is 81.7 cm³/mol. The minimum absolute atomic E-state index is 0.0644. The van der Waals surface area contributed by atoms with Crippen molar-refractivity contribution < 1.29 is 14.9 Å². The van der Waals surface area contributed by atoms with Crippen LogP contribution < -0.4 is 4.74 Å². The molecule has 2 N–H and O–H groups in total. The maximum atomic E-state index is 9.26. The molecule has 0 aliphatic heterocycles. The van der Waals surface area contributed by atoms with Crippen LogP contribution in [0.25, 0.3) is 0 Å². The molecule has 1 aromatic carbocycles. The summed E-state index contributed by atoms with van der Waals surface area (Å²) in [7, 11) is 1.90. The van der Waals surface area contributed by atoms with E-state index in [-0.39, 0.29) is 13.2 Å². The van der Waals surface area contributed by atoms with E-state index in [1.54, 1.807) is 18.2 Å². The average molecular weight is 322 g/mol. The normalized spacial score (nSPS) is 11.9. The molecule has 0 aromatic heterocycles. The van der Waals surface area contributed by atoms with Gasteiger partial charge in [0.05, 0.1) is 23.3 Å². The molecule has 0 bridgehead atoms. The summed E-state index contributed by atoms with van der Waals surface area (Å²) < 4.78 is 5.59. The first-order valence-corrected chi connectivity index (χ1v) is 7.14. The predicted octanol–water partition coefficient (Wildman–Crippen LogP) is 2.29. The van der Waals surface area contributed by atoms with Gasteiger partial charge in [0, 0.05) is 18.5 Å². The Hall–Kier alpha value is -0.520. The van der Waals surface area contributed by atoms with E-state index in [2.05, 4.69) is 0 Å². The number of aliphatic hydroxyl groups is 2. The standard InChI is InChI=1S/C14H21Cl2NO3/c1-14(9-18,10-19)8-17(2)6-7-20-13-11(15)4-3-5-12(13)16/h3-5,18-19H,6-10H2,1-2H3. The van der Waals surface area contributed by atoms with E-state index in [0.29, 0.717) is 35.5 Å². The average Bonchev–Trinajstić information content (AvgIpc) is 2.42. The van der Waals surface area contributed by atoms with Gasteiger partial charge >= 0.3 is 0 Å². The zero-order chi connectivity index (χ0) is 15.2. The van der Waals surface area contributed by atoms with E-state index in [9.17, 15) is 10.2 Å².